The largest absolute Gasteiger partial charge is 0.466 e. The second-order valence-electron chi connectivity index (χ2n) is 6.72. The molecule has 28 heavy (non-hydrogen) atoms. The average molecular weight is 384 g/mol. The maximum absolute atomic E-state index is 12.4. The number of likely N-dealkylation sites (tertiary alicyclic amines) is 1. The minimum atomic E-state index is -0.331. The predicted octanol–water partition coefficient (Wildman–Crippen LogP) is 1.57. The second kappa shape index (κ2) is 9.25. The molecule has 1 aromatic heterocycles. The maximum atomic E-state index is 12.4. The first-order valence-electron chi connectivity index (χ1n) is 9.54. The molecule has 1 aliphatic rings. The van der Waals surface area contributed by atoms with Gasteiger partial charge in [-0.3, -0.25) is 14.4 Å². The first-order valence-corrected chi connectivity index (χ1v) is 9.54. The Morgan fingerprint density at radius 3 is 2.54 bits per heavy atom. The molecule has 148 valence electrons. The Kier molecular flexibility index (Phi) is 6.52. The zero-order chi connectivity index (χ0) is 19.9. The van der Waals surface area contributed by atoms with Crippen molar-refractivity contribution in [1.82, 2.24) is 20.1 Å². The van der Waals surface area contributed by atoms with Gasteiger partial charge in [-0.1, -0.05) is 30.3 Å². The number of nitrogens with one attached hydrogen (secondary N) is 1. The highest BCUT2D eigenvalue weighted by molar-refractivity contribution is 5.77. The van der Waals surface area contributed by atoms with Gasteiger partial charge >= 0.3 is 5.97 Å². The van der Waals surface area contributed by atoms with Crippen LogP contribution in [0.2, 0.25) is 0 Å². The fraction of sp³-hybridized carbons (Fsp3) is 0.450. The normalized spacial score (nSPS) is 14.7. The van der Waals surface area contributed by atoms with Gasteiger partial charge in [0.25, 0.3) is 5.56 Å². The van der Waals surface area contributed by atoms with Gasteiger partial charge in [-0.05, 0) is 19.8 Å². The number of H-pyrrole nitrogens is 1. The minimum Gasteiger partial charge on any atom is -0.466 e. The molecule has 1 N–H and O–H groups in total. The molecule has 0 spiro atoms. The van der Waals surface area contributed by atoms with Crippen LogP contribution in [0.3, 0.4) is 0 Å². The smallest absolute Gasteiger partial charge is 0.309 e. The van der Waals surface area contributed by atoms with Crippen LogP contribution in [0.1, 0.15) is 31.9 Å². The number of rotatable bonds is 6. The summed E-state index contributed by atoms with van der Waals surface area (Å²) in [5.74, 6) is 0.0375. The summed E-state index contributed by atoms with van der Waals surface area (Å²) in [4.78, 5) is 40.9. The van der Waals surface area contributed by atoms with Gasteiger partial charge in [0.2, 0.25) is 5.91 Å². The van der Waals surface area contributed by atoms with Gasteiger partial charge in [0.15, 0.2) is 5.82 Å². The Bertz CT molecular complexity index is 873. The topological polar surface area (TPSA) is 105 Å². The Morgan fingerprint density at radius 1 is 1.18 bits per heavy atom. The quantitative estimate of drug-likeness (QED) is 0.758. The van der Waals surface area contributed by atoms with Crippen molar-refractivity contribution >= 4 is 11.9 Å². The second-order valence-corrected chi connectivity index (χ2v) is 6.72. The Morgan fingerprint density at radius 2 is 1.89 bits per heavy atom. The molecule has 8 nitrogen and oxygen atoms in total. The third kappa shape index (κ3) is 4.82. The van der Waals surface area contributed by atoms with E-state index in [0.29, 0.717) is 38.4 Å². The zero-order valence-electron chi connectivity index (χ0n) is 15.9. The summed E-state index contributed by atoms with van der Waals surface area (Å²) in [6.45, 7) is 3.21. The standard InChI is InChI=1S/C20H24N4O4/c1-2-28-20(27)15-10-12-24(13-11-15)17(25)9-8-16-19(26)21-18(23-22-16)14-6-4-3-5-7-14/h3-7,15H,2,8-13H2,1H3,(H,21,23,26). The van der Waals surface area contributed by atoms with E-state index in [1.165, 1.54) is 0 Å². The number of aryl methyl sites for hydroxylation is 1. The lowest BCUT2D eigenvalue weighted by Gasteiger charge is -2.30. The van der Waals surface area contributed by atoms with E-state index in [2.05, 4.69) is 15.2 Å². The van der Waals surface area contributed by atoms with Crippen molar-refractivity contribution in [2.24, 2.45) is 5.92 Å². The molecule has 0 bridgehead atoms. The van der Waals surface area contributed by atoms with Crippen molar-refractivity contribution in [3.63, 3.8) is 0 Å². The molecular weight excluding hydrogens is 360 g/mol. The van der Waals surface area contributed by atoms with Crippen molar-refractivity contribution in [3.8, 4) is 11.4 Å². The molecule has 0 aliphatic carbocycles. The van der Waals surface area contributed by atoms with Crippen molar-refractivity contribution in [3.05, 3.63) is 46.4 Å². The first-order chi connectivity index (χ1) is 13.6. The lowest BCUT2D eigenvalue weighted by Crippen LogP contribution is -2.40. The zero-order valence-corrected chi connectivity index (χ0v) is 15.9. The van der Waals surface area contributed by atoms with Crippen molar-refractivity contribution in [2.75, 3.05) is 19.7 Å². The summed E-state index contributed by atoms with van der Waals surface area (Å²) >= 11 is 0. The highest BCUT2D eigenvalue weighted by Gasteiger charge is 2.28. The van der Waals surface area contributed by atoms with E-state index in [9.17, 15) is 14.4 Å². The highest BCUT2D eigenvalue weighted by Crippen LogP contribution is 2.19. The number of carbonyl (C=O) groups excluding carboxylic acids is 2. The Hall–Kier alpha value is -3.03. The number of benzene rings is 1. The molecule has 0 radical (unpaired) electrons. The summed E-state index contributed by atoms with van der Waals surface area (Å²) in [7, 11) is 0. The van der Waals surface area contributed by atoms with Crippen LogP contribution in [0, 0.1) is 5.92 Å². The fourth-order valence-electron chi connectivity index (χ4n) is 3.26. The van der Waals surface area contributed by atoms with E-state index < -0.39 is 0 Å². The molecule has 0 unspecified atom stereocenters. The van der Waals surface area contributed by atoms with Crippen LogP contribution < -0.4 is 5.56 Å². The van der Waals surface area contributed by atoms with Crippen molar-refractivity contribution in [2.45, 2.75) is 32.6 Å². The van der Waals surface area contributed by atoms with Crippen LogP contribution >= 0.6 is 0 Å². The van der Waals surface area contributed by atoms with Gasteiger partial charge in [-0.2, -0.15) is 0 Å². The summed E-state index contributed by atoms with van der Waals surface area (Å²) in [6.07, 6.45) is 1.63. The van der Waals surface area contributed by atoms with E-state index in [1.54, 1.807) is 11.8 Å². The predicted molar refractivity (Wildman–Crippen MR) is 102 cm³/mol. The monoisotopic (exact) mass is 384 g/mol. The van der Waals surface area contributed by atoms with Gasteiger partial charge in [-0.15, -0.1) is 10.2 Å². The summed E-state index contributed by atoms with van der Waals surface area (Å²) in [5.41, 5.74) is 0.691. The molecule has 3 rings (SSSR count). The van der Waals surface area contributed by atoms with E-state index in [0.717, 1.165) is 5.56 Å². The number of ether oxygens (including phenoxy) is 1. The van der Waals surface area contributed by atoms with Gasteiger partial charge < -0.3 is 14.6 Å². The van der Waals surface area contributed by atoms with Crippen LogP contribution in [0.4, 0.5) is 0 Å². The Labute approximate surface area is 162 Å². The lowest BCUT2D eigenvalue weighted by molar-refractivity contribution is -0.151. The van der Waals surface area contributed by atoms with E-state index in [4.69, 9.17) is 4.74 Å². The number of hydrogen-bond acceptors (Lipinski definition) is 6. The number of aromatic amines is 1. The van der Waals surface area contributed by atoms with Gasteiger partial charge in [-0.25, -0.2) is 0 Å². The minimum absolute atomic E-state index is 0.0457. The van der Waals surface area contributed by atoms with Gasteiger partial charge in [0, 0.05) is 31.5 Å². The molecule has 0 atom stereocenters. The molecule has 0 saturated carbocycles. The molecule has 1 amide bonds. The maximum Gasteiger partial charge on any atom is 0.309 e. The summed E-state index contributed by atoms with van der Waals surface area (Å²) in [5, 5.41) is 8.07. The van der Waals surface area contributed by atoms with Gasteiger partial charge in [0.05, 0.1) is 12.5 Å². The Balaban J connectivity index is 1.53. The molecule has 1 saturated heterocycles. The molecule has 8 heteroatoms. The number of hydrogen-bond donors (Lipinski definition) is 1. The van der Waals surface area contributed by atoms with Crippen LogP contribution in [0.5, 0.6) is 0 Å². The van der Waals surface area contributed by atoms with Crippen LogP contribution in [-0.2, 0) is 20.7 Å². The molecule has 2 aromatic rings. The van der Waals surface area contributed by atoms with Gasteiger partial charge in [0.1, 0.15) is 5.69 Å². The lowest BCUT2D eigenvalue weighted by atomic mass is 9.96. The first kappa shape index (κ1) is 19.7. The summed E-state index contributed by atoms with van der Waals surface area (Å²) < 4.78 is 5.04. The SMILES string of the molecule is CCOC(=O)C1CCN(C(=O)CCc2nnc(-c3ccccc3)[nH]c2=O)CC1. The van der Waals surface area contributed by atoms with Crippen LogP contribution in [-0.4, -0.2) is 51.7 Å². The number of nitrogens with zero attached hydrogens (tertiary/aromatic N) is 3. The van der Waals surface area contributed by atoms with Crippen LogP contribution in [0.15, 0.2) is 35.1 Å². The molecular formula is C20H24N4O4. The van der Waals surface area contributed by atoms with E-state index >= 15 is 0 Å². The number of piperidine rings is 1. The van der Waals surface area contributed by atoms with Crippen LogP contribution in [0.25, 0.3) is 11.4 Å². The third-order valence-electron chi connectivity index (χ3n) is 4.86. The van der Waals surface area contributed by atoms with E-state index in [-0.39, 0.29) is 41.9 Å². The summed E-state index contributed by atoms with van der Waals surface area (Å²) in [6, 6.07) is 9.26. The number of carbonyl (C=O) groups is 2. The number of esters is 1. The third-order valence-corrected chi connectivity index (χ3v) is 4.86. The van der Waals surface area contributed by atoms with Crippen molar-refractivity contribution in [1.29, 1.82) is 0 Å². The molecule has 1 fully saturated rings. The van der Waals surface area contributed by atoms with E-state index in [1.807, 2.05) is 30.3 Å². The number of aromatic nitrogens is 3. The average Bonchev–Trinajstić information content (AvgIpc) is 2.73. The molecule has 2 heterocycles. The highest BCUT2D eigenvalue weighted by atomic mass is 16.5. The molecule has 1 aromatic carbocycles. The number of amides is 1. The van der Waals surface area contributed by atoms with Crippen molar-refractivity contribution < 1.29 is 14.3 Å². The fourth-order valence-corrected chi connectivity index (χ4v) is 3.26. The molecule has 1 aliphatic heterocycles.